The van der Waals surface area contributed by atoms with E-state index in [1.807, 2.05) is 37.3 Å². The van der Waals surface area contributed by atoms with Gasteiger partial charge >= 0.3 is 0 Å². The Balaban J connectivity index is 1.37. The molecule has 0 atom stereocenters. The van der Waals surface area contributed by atoms with Gasteiger partial charge in [-0.05, 0) is 44.0 Å². The number of rotatable bonds is 4. The van der Waals surface area contributed by atoms with Crippen molar-refractivity contribution >= 4 is 55.7 Å². The fourth-order valence-corrected chi connectivity index (χ4v) is 4.59. The van der Waals surface area contributed by atoms with Crippen molar-refractivity contribution in [2.75, 3.05) is 23.3 Å². The Morgan fingerprint density at radius 2 is 1.90 bits per heavy atom. The number of benzene rings is 1. The van der Waals surface area contributed by atoms with Crippen LogP contribution in [0.15, 0.2) is 40.9 Å². The van der Waals surface area contributed by atoms with Crippen LogP contribution in [0.4, 0.5) is 10.9 Å². The first-order chi connectivity index (χ1) is 14.0. The van der Waals surface area contributed by atoms with E-state index in [4.69, 9.17) is 11.6 Å². The number of anilines is 2. The fourth-order valence-electron chi connectivity index (χ4n) is 3.38. The molecule has 1 amide bonds. The van der Waals surface area contributed by atoms with Crippen LogP contribution in [0, 0.1) is 12.8 Å². The average Bonchev–Trinajstić information content (AvgIpc) is 3.09. The number of aryl methyl sites for hydroxylation is 1. The lowest BCUT2D eigenvalue weighted by molar-refractivity contribution is -0.120. The molecule has 3 heterocycles. The van der Waals surface area contributed by atoms with E-state index in [0.717, 1.165) is 52.4 Å². The molecule has 6 nitrogen and oxygen atoms in total. The SMILES string of the molecule is Cc1sc(NC(=O)C2CCN(c3ccc(Cl)nn3)CC2)nc1-c1ccc(Br)cc1. The van der Waals surface area contributed by atoms with Gasteiger partial charge in [-0.3, -0.25) is 4.79 Å². The summed E-state index contributed by atoms with van der Waals surface area (Å²) in [7, 11) is 0. The highest BCUT2D eigenvalue weighted by atomic mass is 79.9. The highest BCUT2D eigenvalue weighted by molar-refractivity contribution is 9.10. The van der Waals surface area contributed by atoms with Gasteiger partial charge in [-0.15, -0.1) is 21.5 Å². The predicted octanol–water partition coefficient (Wildman–Crippen LogP) is 5.18. The molecule has 1 N–H and O–H groups in total. The zero-order valence-corrected chi connectivity index (χ0v) is 18.9. The number of carbonyl (C=O) groups is 1. The van der Waals surface area contributed by atoms with E-state index in [2.05, 4.69) is 41.3 Å². The molecule has 0 bridgehead atoms. The Hall–Kier alpha value is -2.03. The van der Waals surface area contributed by atoms with Crippen molar-refractivity contribution < 1.29 is 4.79 Å². The van der Waals surface area contributed by atoms with E-state index >= 15 is 0 Å². The summed E-state index contributed by atoms with van der Waals surface area (Å²) in [4.78, 5) is 20.6. The Morgan fingerprint density at radius 3 is 2.55 bits per heavy atom. The lowest BCUT2D eigenvalue weighted by Crippen LogP contribution is -2.38. The molecular formula is C20H19BrClN5OS. The lowest BCUT2D eigenvalue weighted by atomic mass is 9.96. The highest BCUT2D eigenvalue weighted by Gasteiger charge is 2.26. The molecule has 0 unspecified atom stereocenters. The molecule has 1 aromatic carbocycles. The molecule has 1 aliphatic heterocycles. The zero-order chi connectivity index (χ0) is 20.4. The molecule has 150 valence electrons. The van der Waals surface area contributed by atoms with Crippen LogP contribution in [0.1, 0.15) is 17.7 Å². The van der Waals surface area contributed by atoms with Gasteiger partial charge in [-0.25, -0.2) is 4.98 Å². The van der Waals surface area contributed by atoms with E-state index in [-0.39, 0.29) is 11.8 Å². The second-order valence-electron chi connectivity index (χ2n) is 6.90. The molecule has 1 saturated heterocycles. The third kappa shape index (κ3) is 4.76. The summed E-state index contributed by atoms with van der Waals surface area (Å²) in [5.74, 6) is 0.790. The summed E-state index contributed by atoms with van der Waals surface area (Å²) in [5.41, 5.74) is 1.95. The van der Waals surface area contributed by atoms with E-state index < -0.39 is 0 Å². The Labute approximate surface area is 186 Å². The molecule has 3 aromatic rings. The monoisotopic (exact) mass is 491 g/mol. The van der Waals surface area contributed by atoms with Crippen molar-refractivity contribution in [3.05, 3.63) is 50.9 Å². The van der Waals surface area contributed by atoms with Gasteiger partial charge in [0.2, 0.25) is 5.91 Å². The summed E-state index contributed by atoms with van der Waals surface area (Å²) < 4.78 is 1.03. The van der Waals surface area contributed by atoms with Crippen LogP contribution in [-0.2, 0) is 4.79 Å². The van der Waals surface area contributed by atoms with Crippen molar-refractivity contribution in [3.63, 3.8) is 0 Å². The standard InChI is InChI=1S/C20H19BrClN5OS/c1-12-18(13-2-4-15(21)5-3-13)23-20(29-12)24-19(28)14-8-10-27(11-9-14)17-7-6-16(22)25-26-17/h2-7,14H,8-11H2,1H3,(H,23,24,28). The topological polar surface area (TPSA) is 71.0 Å². The van der Waals surface area contributed by atoms with Gasteiger partial charge in [-0.1, -0.05) is 39.7 Å². The maximum atomic E-state index is 12.7. The number of hydrogen-bond acceptors (Lipinski definition) is 6. The van der Waals surface area contributed by atoms with Crippen molar-refractivity contribution in [2.24, 2.45) is 5.92 Å². The van der Waals surface area contributed by atoms with Gasteiger partial charge in [-0.2, -0.15) is 0 Å². The first kappa shape index (κ1) is 20.3. The number of carbonyl (C=O) groups excluding carboxylic acids is 1. The Kier molecular flexibility index (Phi) is 6.12. The van der Waals surface area contributed by atoms with Crippen molar-refractivity contribution in [3.8, 4) is 11.3 Å². The number of thiazole rings is 1. The van der Waals surface area contributed by atoms with Gasteiger partial charge in [0.25, 0.3) is 0 Å². The molecule has 0 spiro atoms. The van der Waals surface area contributed by atoms with Crippen LogP contribution < -0.4 is 10.2 Å². The second-order valence-corrected chi connectivity index (χ2v) is 9.40. The molecule has 0 radical (unpaired) electrons. The predicted molar refractivity (Wildman–Crippen MR) is 121 cm³/mol. The lowest BCUT2D eigenvalue weighted by Gasteiger charge is -2.31. The first-order valence-corrected chi connectivity index (χ1v) is 11.3. The molecular weight excluding hydrogens is 474 g/mol. The van der Waals surface area contributed by atoms with Crippen molar-refractivity contribution in [1.82, 2.24) is 15.2 Å². The number of halogens is 2. The summed E-state index contributed by atoms with van der Waals surface area (Å²) >= 11 is 10.8. The molecule has 9 heteroatoms. The number of aromatic nitrogens is 3. The number of nitrogens with zero attached hydrogens (tertiary/aromatic N) is 4. The van der Waals surface area contributed by atoms with Gasteiger partial charge in [0.05, 0.1) is 5.69 Å². The molecule has 1 aliphatic rings. The summed E-state index contributed by atoms with van der Waals surface area (Å²) in [6.07, 6.45) is 1.53. The molecule has 2 aromatic heterocycles. The van der Waals surface area contributed by atoms with E-state index in [1.165, 1.54) is 11.3 Å². The number of hydrogen-bond donors (Lipinski definition) is 1. The van der Waals surface area contributed by atoms with Gasteiger partial charge in [0.1, 0.15) is 0 Å². The smallest absolute Gasteiger partial charge is 0.229 e. The maximum absolute atomic E-state index is 12.7. The van der Waals surface area contributed by atoms with Gasteiger partial charge < -0.3 is 10.2 Å². The third-order valence-electron chi connectivity index (χ3n) is 4.95. The summed E-state index contributed by atoms with van der Waals surface area (Å²) in [6.45, 7) is 3.54. The summed E-state index contributed by atoms with van der Waals surface area (Å²) in [5, 5.41) is 12.0. The molecule has 4 rings (SSSR count). The van der Waals surface area contributed by atoms with Crippen molar-refractivity contribution in [1.29, 1.82) is 0 Å². The molecule has 0 saturated carbocycles. The number of nitrogens with one attached hydrogen (secondary N) is 1. The minimum Gasteiger partial charge on any atom is -0.355 e. The number of amides is 1. The quantitative estimate of drug-likeness (QED) is 0.543. The largest absolute Gasteiger partial charge is 0.355 e. The van der Waals surface area contributed by atoms with Crippen molar-refractivity contribution in [2.45, 2.75) is 19.8 Å². The summed E-state index contributed by atoms with van der Waals surface area (Å²) in [6, 6.07) is 11.6. The normalized spacial score (nSPS) is 14.8. The van der Waals surface area contributed by atoms with E-state index in [0.29, 0.717) is 10.3 Å². The zero-order valence-electron chi connectivity index (χ0n) is 15.7. The second kappa shape index (κ2) is 8.77. The number of piperidine rings is 1. The van der Waals surface area contributed by atoms with Gasteiger partial charge in [0, 0.05) is 33.9 Å². The van der Waals surface area contributed by atoms with Crippen LogP contribution in [-0.4, -0.2) is 34.2 Å². The molecule has 29 heavy (non-hydrogen) atoms. The molecule has 1 fully saturated rings. The minimum absolute atomic E-state index is 0.0305. The van der Waals surface area contributed by atoms with Crippen LogP contribution in [0.5, 0.6) is 0 Å². The van der Waals surface area contributed by atoms with Crippen LogP contribution in [0.25, 0.3) is 11.3 Å². The van der Waals surface area contributed by atoms with Gasteiger partial charge in [0.15, 0.2) is 16.1 Å². The first-order valence-electron chi connectivity index (χ1n) is 9.28. The van der Waals surface area contributed by atoms with Crippen LogP contribution in [0.3, 0.4) is 0 Å². The highest BCUT2D eigenvalue weighted by Crippen LogP contribution is 2.32. The van der Waals surface area contributed by atoms with Crippen LogP contribution in [0.2, 0.25) is 5.15 Å². The fraction of sp³-hybridized carbons (Fsp3) is 0.300. The Morgan fingerprint density at radius 1 is 1.17 bits per heavy atom. The average molecular weight is 493 g/mol. The molecule has 0 aliphatic carbocycles. The van der Waals surface area contributed by atoms with E-state index in [1.54, 1.807) is 6.07 Å². The maximum Gasteiger partial charge on any atom is 0.229 e. The van der Waals surface area contributed by atoms with Crippen LogP contribution >= 0.6 is 38.9 Å². The third-order valence-corrected chi connectivity index (χ3v) is 6.57. The Bertz CT molecular complexity index is 1000. The van der Waals surface area contributed by atoms with E-state index in [9.17, 15) is 4.79 Å². The minimum atomic E-state index is -0.0353.